The maximum absolute atomic E-state index is 13.0. The summed E-state index contributed by atoms with van der Waals surface area (Å²) in [5.41, 5.74) is 2.90. The maximum atomic E-state index is 13.0. The number of phenolic OH excluding ortho intramolecular Hbond substituents is 1. The van der Waals surface area contributed by atoms with Crippen LogP contribution in [0, 0.1) is 0 Å². The summed E-state index contributed by atoms with van der Waals surface area (Å²) in [5.74, 6) is 1.05. The molecule has 2 N–H and O–H groups in total. The molecule has 4 aromatic rings. The number of benzene rings is 2. The normalized spacial score (nSPS) is 14.0. The molecule has 0 unspecified atom stereocenters. The van der Waals surface area contributed by atoms with Crippen LogP contribution in [0.1, 0.15) is 10.4 Å². The van der Waals surface area contributed by atoms with Crippen LogP contribution in [0.25, 0.3) is 22.0 Å². The van der Waals surface area contributed by atoms with E-state index in [0.29, 0.717) is 37.3 Å². The number of H-pyrrole nitrogens is 1. The Kier molecular flexibility index (Phi) is 5.07. The Balaban J connectivity index is 1.26. The lowest BCUT2D eigenvalue weighted by Crippen LogP contribution is -2.49. The van der Waals surface area contributed by atoms with Gasteiger partial charge in [0.05, 0.1) is 0 Å². The lowest BCUT2D eigenvalue weighted by Gasteiger charge is -2.35. The van der Waals surface area contributed by atoms with Crippen LogP contribution in [0.2, 0.25) is 0 Å². The summed E-state index contributed by atoms with van der Waals surface area (Å²) in [7, 11) is 0. The standard InChI is InChI=1S/C25H22N4O3/c30-21-3-1-2-18(14-21)20-6-8-23(26-16-20)28-10-12-29(13-11-28)25(32)19-5-4-17-7-9-24(31)27-22(17)15-19/h1-9,14-16,30H,10-13H2,(H,27,31). The van der Waals surface area contributed by atoms with Crippen molar-refractivity contribution in [2.45, 2.75) is 0 Å². The van der Waals surface area contributed by atoms with Gasteiger partial charge in [0.2, 0.25) is 5.56 Å². The summed E-state index contributed by atoms with van der Waals surface area (Å²) >= 11 is 0. The highest BCUT2D eigenvalue weighted by molar-refractivity contribution is 5.97. The molecule has 0 bridgehead atoms. The van der Waals surface area contributed by atoms with Gasteiger partial charge in [-0.3, -0.25) is 9.59 Å². The van der Waals surface area contributed by atoms with Gasteiger partial charge in [0.15, 0.2) is 0 Å². The largest absolute Gasteiger partial charge is 0.508 e. The van der Waals surface area contributed by atoms with E-state index >= 15 is 0 Å². The number of amides is 1. The minimum absolute atomic E-state index is 0.0385. The number of nitrogens with zero attached hydrogens (tertiary/aromatic N) is 3. The molecule has 32 heavy (non-hydrogen) atoms. The van der Waals surface area contributed by atoms with Gasteiger partial charge in [0.25, 0.3) is 5.91 Å². The van der Waals surface area contributed by atoms with Gasteiger partial charge in [-0.1, -0.05) is 18.2 Å². The van der Waals surface area contributed by atoms with E-state index in [2.05, 4.69) is 14.9 Å². The molecule has 5 rings (SSSR count). The number of carbonyl (C=O) groups is 1. The van der Waals surface area contributed by atoms with Crippen LogP contribution in [0.4, 0.5) is 5.82 Å². The molecule has 1 amide bonds. The fourth-order valence-corrected chi connectivity index (χ4v) is 4.03. The number of pyridine rings is 2. The molecule has 7 nitrogen and oxygen atoms in total. The number of carbonyl (C=O) groups excluding carboxylic acids is 1. The molecule has 0 saturated carbocycles. The Hall–Kier alpha value is -4.13. The van der Waals surface area contributed by atoms with Crippen molar-refractivity contribution in [2.75, 3.05) is 31.1 Å². The molecule has 0 spiro atoms. The van der Waals surface area contributed by atoms with Gasteiger partial charge >= 0.3 is 0 Å². The number of rotatable bonds is 3. The molecular formula is C25H22N4O3. The van der Waals surface area contributed by atoms with Gasteiger partial charge in [0, 0.05) is 55.1 Å². The van der Waals surface area contributed by atoms with Crippen molar-refractivity contribution < 1.29 is 9.90 Å². The van der Waals surface area contributed by atoms with Crippen molar-refractivity contribution in [3.8, 4) is 16.9 Å². The first-order valence-corrected chi connectivity index (χ1v) is 10.5. The number of aromatic nitrogens is 2. The number of fused-ring (bicyclic) bond motifs is 1. The Labute approximate surface area is 184 Å². The van der Waals surface area contributed by atoms with Gasteiger partial charge < -0.3 is 19.9 Å². The van der Waals surface area contributed by atoms with Crippen LogP contribution >= 0.6 is 0 Å². The Bertz CT molecular complexity index is 1340. The summed E-state index contributed by atoms with van der Waals surface area (Å²) in [6.07, 6.45) is 1.80. The molecule has 7 heteroatoms. The average Bonchev–Trinajstić information content (AvgIpc) is 2.83. The molecule has 2 aromatic carbocycles. The zero-order chi connectivity index (χ0) is 22.1. The second-order valence-corrected chi connectivity index (χ2v) is 7.86. The predicted octanol–water partition coefficient (Wildman–Crippen LogP) is 3.26. The maximum Gasteiger partial charge on any atom is 0.254 e. The summed E-state index contributed by atoms with van der Waals surface area (Å²) in [4.78, 5) is 35.9. The molecule has 1 fully saturated rings. The second-order valence-electron chi connectivity index (χ2n) is 7.86. The molecule has 1 saturated heterocycles. The van der Waals surface area contributed by atoms with Crippen LogP contribution in [-0.4, -0.2) is 52.1 Å². The van der Waals surface area contributed by atoms with E-state index in [4.69, 9.17) is 0 Å². The van der Waals surface area contributed by atoms with E-state index in [9.17, 15) is 14.7 Å². The van der Waals surface area contributed by atoms with Gasteiger partial charge in [-0.2, -0.15) is 0 Å². The first kappa shape index (κ1) is 19.8. The van der Waals surface area contributed by atoms with E-state index in [1.807, 2.05) is 35.2 Å². The highest BCUT2D eigenvalue weighted by Crippen LogP contribution is 2.24. The van der Waals surface area contributed by atoms with Gasteiger partial charge in [0.1, 0.15) is 11.6 Å². The Morgan fingerprint density at radius 3 is 2.47 bits per heavy atom. The summed E-state index contributed by atoms with van der Waals surface area (Å²) < 4.78 is 0. The first-order chi connectivity index (χ1) is 15.6. The number of anilines is 1. The quantitative estimate of drug-likeness (QED) is 0.525. The van der Waals surface area contributed by atoms with Gasteiger partial charge in [-0.05, 0) is 53.4 Å². The van der Waals surface area contributed by atoms with Gasteiger partial charge in [-0.25, -0.2) is 4.98 Å². The van der Waals surface area contributed by atoms with Crippen LogP contribution in [0.3, 0.4) is 0 Å². The second kappa shape index (κ2) is 8.19. The summed E-state index contributed by atoms with van der Waals surface area (Å²) in [6.45, 7) is 2.57. The van der Waals surface area contributed by atoms with Crippen LogP contribution < -0.4 is 10.5 Å². The number of phenols is 1. The number of hydrogen-bond acceptors (Lipinski definition) is 5. The third kappa shape index (κ3) is 3.92. The number of nitrogens with one attached hydrogen (secondary N) is 1. The molecule has 1 aliphatic rings. The number of aromatic hydroxyl groups is 1. The SMILES string of the molecule is O=C(c1ccc2ccc(=O)[nH]c2c1)N1CCN(c2ccc(-c3cccc(O)c3)cn2)CC1. The first-order valence-electron chi connectivity index (χ1n) is 10.5. The van der Waals surface area contributed by atoms with Crippen molar-refractivity contribution in [1.82, 2.24) is 14.9 Å². The lowest BCUT2D eigenvalue weighted by molar-refractivity contribution is 0.0746. The minimum Gasteiger partial charge on any atom is -0.508 e. The van der Waals surface area contributed by atoms with E-state index in [1.165, 1.54) is 6.07 Å². The van der Waals surface area contributed by atoms with Crippen molar-refractivity contribution in [3.05, 3.63) is 88.8 Å². The van der Waals surface area contributed by atoms with Gasteiger partial charge in [-0.15, -0.1) is 0 Å². The summed E-state index contributed by atoms with van der Waals surface area (Å²) in [5, 5.41) is 10.6. The number of hydrogen-bond donors (Lipinski definition) is 2. The minimum atomic E-state index is -0.182. The van der Waals surface area contributed by atoms with Crippen LogP contribution in [0.5, 0.6) is 5.75 Å². The zero-order valence-corrected chi connectivity index (χ0v) is 17.4. The third-order valence-corrected chi connectivity index (χ3v) is 5.79. The van der Waals surface area contributed by atoms with Crippen LogP contribution in [-0.2, 0) is 0 Å². The van der Waals surface area contributed by atoms with Crippen molar-refractivity contribution in [3.63, 3.8) is 0 Å². The third-order valence-electron chi connectivity index (χ3n) is 5.79. The molecule has 3 heterocycles. The molecule has 0 atom stereocenters. The topological polar surface area (TPSA) is 89.5 Å². The molecule has 0 radical (unpaired) electrons. The fraction of sp³-hybridized carbons (Fsp3) is 0.160. The zero-order valence-electron chi connectivity index (χ0n) is 17.4. The van der Waals surface area contributed by atoms with E-state index < -0.39 is 0 Å². The highest BCUT2D eigenvalue weighted by Gasteiger charge is 2.23. The number of piperazine rings is 1. The molecule has 0 aliphatic carbocycles. The average molecular weight is 426 g/mol. The molecule has 2 aromatic heterocycles. The monoisotopic (exact) mass is 426 g/mol. The highest BCUT2D eigenvalue weighted by atomic mass is 16.3. The molecule has 1 aliphatic heterocycles. The molecule has 160 valence electrons. The van der Waals surface area contributed by atoms with E-state index in [0.717, 1.165) is 22.3 Å². The van der Waals surface area contributed by atoms with Crippen LogP contribution in [0.15, 0.2) is 77.7 Å². The van der Waals surface area contributed by atoms with E-state index in [-0.39, 0.29) is 17.2 Å². The summed E-state index contributed by atoms with van der Waals surface area (Å²) in [6, 6.07) is 19.7. The Morgan fingerprint density at radius 2 is 1.72 bits per heavy atom. The Morgan fingerprint density at radius 1 is 0.906 bits per heavy atom. The lowest BCUT2D eigenvalue weighted by atomic mass is 10.1. The smallest absolute Gasteiger partial charge is 0.254 e. The van der Waals surface area contributed by atoms with Crippen molar-refractivity contribution in [2.24, 2.45) is 0 Å². The van der Waals surface area contributed by atoms with Crippen molar-refractivity contribution in [1.29, 1.82) is 0 Å². The molecular weight excluding hydrogens is 404 g/mol. The van der Waals surface area contributed by atoms with E-state index in [1.54, 1.807) is 36.5 Å². The fourth-order valence-electron chi connectivity index (χ4n) is 4.03. The predicted molar refractivity (Wildman–Crippen MR) is 124 cm³/mol. The number of aromatic amines is 1. The van der Waals surface area contributed by atoms with Crippen molar-refractivity contribution >= 4 is 22.6 Å².